The predicted octanol–water partition coefficient (Wildman–Crippen LogP) is 0.747. The minimum Gasteiger partial charge on any atom is -0.385 e. The predicted molar refractivity (Wildman–Crippen MR) is 109 cm³/mol. The quantitative estimate of drug-likeness (QED) is 0.573. The average molecular weight is 428 g/mol. The number of sulfonamides is 1. The molecule has 30 heavy (non-hydrogen) atoms. The number of fused-ring (bicyclic) bond motifs is 1. The average Bonchev–Trinajstić information content (AvgIpc) is 3.39. The number of amides is 1. The number of hydrazone groups is 1. The maximum atomic E-state index is 12.5. The van der Waals surface area contributed by atoms with Crippen molar-refractivity contribution in [3.05, 3.63) is 54.1 Å². The second-order valence-electron chi connectivity index (χ2n) is 6.85. The van der Waals surface area contributed by atoms with Gasteiger partial charge in [0.2, 0.25) is 10.0 Å². The summed E-state index contributed by atoms with van der Waals surface area (Å²) in [6.07, 6.45) is 0.660. The van der Waals surface area contributed by atoms with Crippen molar-refractivity contribution >= 4 is 32.7 Å². The zero-order chi connectivity index (χ0) is 21.3. The molecular formula is C19H20N6O4S. The Balaban J connectivity index is 1.49. The number of carbonyl (C=O) groups excluding carboxylic acids is 1. The van der Waals surface area contributed by atoms with Gasteiger partial charge in [-0.05, 0) is 29.0 Å². The van der Waals surface area contributed by atoms with Gasteiger partial charge >= 0.3 is 0 Å². The lowest BCUT2D eigenvalue weighted by atomic mass is 10.1. The highest BCUT2D eigenvalue weighted by atomic mass is 32.2. The third-order valence-electron chi connectivity index (χ3n) is 4.67. The molecule has 0 saturated heterocycles. The third-order valence-corrected chi connectivity index (χ3v) is 6.48. The zero-order valence-corrected chi connectivity index (χ0v) is 17.3. The van der Waals surface area contributed by atoms with Gasteiger partial charge in [0.25, 0.3) is 5.91 Å². The summed E-state index contributed by atoms with van der Waals surface area (Å²) in [5.41, 5.74) is 2.62. The van der Waals surface area contributed by atoms with Crippen molar-refractivity contribution in [2.75, 3.05) is 27.2 Å². The smallest absolute Gasteiger partial charge is 0.283 e. The van der Waals surface area contributed by atoms with Gasteiger partial charge in [-0.25, -0.2) is 17.7 Å². The van der Waals surface area contributed by atoms with E-state index >= 15 is 0 Å². The lowest BCUT2D eigenvalue weighted by Crippen LogP contribution is -2.32. The van der Waals surface area contributed by atoms with E-state index in [0.717, 1.165) is 20.4 Å². The summed E-state index contributed by atoms with van der Waals surface area (Å²) < 4.78 is 25.8. The Labute approximate surface area is 173 Å². The standard InChI is InChI=1S/C19H20N6O4S/c1-23(2)30(27,28)15-8-9-17-18(12-15)25(22-20-17)29-13-19(26)24-11-10-16(21-24)14-6-4-3-5-7-14/h3-9,12H,10-11,13H2,1-2H3. The molecule has 1 aliphatic rings. The van der Waals surface area contributed by atoms with Crippen LogP contribution in [0.5, 0.6) is 0 Å². The number of aromatic nitrogens is 3. The number of nitrogens with zero attached hydrogens (tertiary/aromatic N) is 6. The molecule has 0 atom stereocenters. The molecule has 0 radical (unpaired) electrons. The van der Waals surface area contributed by atoms with E-state index in [1.54, 1.807) is 0 Å². The maximum absolute atomic E-state index is 12.5. The molecule has 1 aromatic heterocycles. The molecule has 0 spiro atoms. The van der Waals surface area contributed by atoms with E-state index in [1.165, 1.54) is 37.3 Å². The first kappa shape index (κ1) is 20.0. The van der Waals surface area contributed by atoms with Gasteiger partial charge in [-0.3, -0.25) is 4.79 Å². The molecule has 1 amide bonds. The van der Waals surface area contributed by atoms with Crippen LogP contribution >= 0.6 is 0 Å². The Morgan fingerprint density at radius 1 is 1.17 bits per heavy atom. The van der Waals surface area contributed by atoms with Gasteiger partial charge in [0.05, 0.1) is 17.2 Å². The second-order valence-corrected chi connectivity index (χ2v) is 9.01. The van der Waals surface area contributed by atoms with Crippen LogP contribution in [0, 0.1) is 0 Å². The number of carbonyl (C=O) groups is 1. The SMILES string of the molecule is CN(C)S(=O)(=O)c1ccc2nnn(OCC(=O)N3CCC(c4ccccc4)=N3)c2c1. The third kappa shape index (κ3) is 3.76. The Morgan fingerprint density at radius 3 is 2.67 bits per heavy atom. The number of hydrogen-bond donors (Lipinski definition) is 0. The molecule has 156 valence electrons. The summed E-state index contributed by atoms with van der Waals surface area (Å²) in [6, 6.07) is 14.1. The Morgan fingerprint density at radius 2 is 1.93 bits per heavy atom. The van der Waals surface area contributed by atoms with Crippen molar-refractivity contribution in [1.29, 1.82) is 0 Å². The molecule has 10 nitrogen and oxygen atoms in total. The van der Waals surface area contributed by atoms with Crippen LogP contribution < -0.4 is 4.84 Å². The van der Waals surface area contributed by atoms with Crippen LogP contribution in [0.15, 0.2) is 58.5 Å². The summed E-state index contributed by atoms with van der Waals surface area (Å²) >= 11 is 0. The molecule has 11 heteroatoms. The van der Waals surface area contributed by atoms with Crippen molar-refractivity contribution in [3.8, 4) is 0 Å². The fraction of sp³-hybridized carbons (Fsp3) is 0.263. The topological polar surface area (TPSA) is 110 Å². The van der Waals surface area contributed by atoms with E-state index in [-0.39, 0.29) is 17.4 Å². The minimum atomic E-state index is -3.62. The molecule has 4 rings (SSSR count). The van der Waals surface area contributed by atoms with E-state index in [1.807, 2.05) is 30.3 Å². The first-order chi connectivity index (χ1) is 14.4. The molecule has 2 aromatic carbocycles. The largest absolute Gasteiger partial charge is 0.385 e. The van der Waals surface area contributed by atoms with Crippen molar-refractivity contribution in [1.82, 2.24) is 24.5 Å². The van der Waals surface area contributed by atoms with Gasteiger partial charge in [-0.1, -0.05) is 35.2 Å². The maximum Gasteiger partial charge on any atom is 0.283 e. The van der Waals surface area contributed by atoms with Crippen molar-refractivity contribution < 1.29 is 18.0 Å². The summed E-state index contributed by atoms with van der Waals surface area (Å²) in [4.78, 5) is 19.1. The number of rotatable bonds is 6. The van der Waals surface area contributed by atoms with Gasteiger partial charge in [-0.15, -0.1) is 5.10 Å². The van der Waals surface area contributed by atoms with Gasteiger partial charge in [0, 0.05) is 20.5 Å². The minimum absolute atomic E-state index is 0.0788. The van der Waals surface area contributed by atoms with Crippen LogP contribution in [0.2, 0.25) is 0 Å². The van der Waals surface area contributed by atoms with Gasteiger partial charge in [0.15, 0.2) is 6.61 Å². The fourth-order valence-corrected chi connectivity index (χ4v) is 3.93. The second kappa shape index (κ2) is 7.84. The van der Waals surface area contributed by atoms with Crippen LogP contribution in [-0.4, -0.2) is 71.8 Å². The van der Waals surface area contributed by atoms with Crippen LogP contribution in [0.4, 0.5) is 0 Å². The molecule has 3 aromatic rings. The summed E-state index contributed by atoms with van der Waals surface area (Å²) in [7, 11) is -0.726. The molecule has 0 saturated carbocycles. The van der Waals surface area contributed by atoms with Crippen molar-refractivity contribution in [2.45, 2.75) is 11.3 Å². The molecule has 1 aliphatic heterocycles. The Hall–Kier alpha value is -3.31. The van der Waals surface area contributed by atoms with Gasteiger partial charge in [0.1, 0.15) is 11.0 Å². The first-order valence-corrected chi connectivity index (χ1v) is 10.6. The van der Waals surface area contributed by atoms with Crippen LogP contribution in [0.25, 0.3) is 11.0 Å². The van der Waals surface area contributed by atoms with Crippen molar-refractivity contribution in [3.63, 3.8) is 0 Å². The molecule has 2 heterocycles. The Kier molecular flexibility index (Phi) is 5.22. The highest BCUT2D eigenvalue weighted by Gasteiger charge is 2.23. The van der Waals surface area contributed by atoms with Crippen molar-refractivity contribution in [2.24, 2.45) is 5.10 Å². The first-order valence-electron chi connectivity index (χ1n) is 9.21. The number of hydrogen-bond acceptors (Lipinski definition) is 7. The molecule has 0 N–H and O–H groups in total. The summed E-state index contributed by atoms with van der Waals surface area (Å²) in [6.45, 7) is 0.157. The van der Waals surface area contributed by atoms with Gasteiger partial charge in [-0.2, -0.15) is 5.10 Å². The molecule has 0 bridgehead atoms. The monoisotopic (exact) mass is 428 g/mol. The highest BCUT2D eigenvalue weighted by molar-refractivity contribution is 7.89. The van der Waals surface area contributed by atoms with Crippen LogP contribution in [0.1, 0.15) is 12.0 Å². The normalized spacial score (nSPS) is 14.4. The fourth-order valence-electron chi connectivity index (χ4n) is 3.01. The van der Waals surface area contributed by atoms with Crippen LogP contribution in [-0.2, 0) is 14.8 Å². The summed E-state index contributed by atoms with van der Waals surface area (Å²) in [5, 5.41) is 13.5. The molecule has 0 unspecified atom stereocenters. The Bertz CT molecular complexity index is 1220. The van der Waals surface area contributed by atoms with E-state index < -0.39 is 10.0 Å². The molecular weight excluding hydrogens is 408 g/mol. The van der Waals surface area contributed by atoms with E-state index in [2.05, 4.69) is 15.4 Å². The lowest BCUT2D eigenvalue weighted by Gasteiger charge is -2.12. The highest BCUT2D eigenvalue weighted by Crippen LogP contribution is 2.19. The number of benzene rings is 2. The van der Waals surface area contributed by atoms with Gasteiger partial charge < -0.3 is 4.84 Å². The molecule has 0 fully saturated rings. The molecule has 0 aliphatic carbocycles. The summed E-state index contributed by atoms with van der Waals surface area (Å²) in [5.74, 6) is -0.332. The van der Waals surface area contributed by atoms with E-state index in [4.69, 9.17) is 4.84 Å². The zero-order valence-electron chi connectivity index (χ0n) is 16.5. The lowest BCUT2D eigenvalue weighted by molar-refractivity contribution is -0.136. The van der Waals surface area contributed by atoms with E-state index in [9.17, 15) is 13.2 Å². The van der Waals surface area contributed by atoms with Crippen LogP contribution in [0.3, 0.4) is 0 Å². The van der Waals surface area contributed by atoms with E-state index in [0.29, 0.717) is 24.0 Å².